The molecule has 3 rings (SSSR count). The van der Waals surface area contributed by atoms with Gasteiger partial charge >= 0.3 is 5.97 Å². The predicted molar refractivity (Wildman–Crippen MR) is 95.4 cm³/mol. The van der Waals surface area contributed by atoms with Crippen molar-refractivity contribution in [2.45, 2.75) is 26.1 Å². The van der Waals surface area contributed by atoms with Crippen molar-refractivity contribution >= 4 is 38.4 Å². The van der Waals surface area contributed by atoms with Gasteiger partial charge in [-0.15, -0.1) is 0 Å². The summed E-state index contributed by atoms with van der Waals surface area (Å²) in [6.45, 7) is 1.30. The summed E-state index contributed by atoms with van der Waals surface area (Å²) < 4.78 is 7.46. The molecule has 6 heteroatoms. The monoisotopic (exact) mass is 389 g/mol. The summed E-state index contributed by atoms with van der Waals surface area (Å²) in [7, 11) is 0. The Kier molecular flexibility index (Phi) is 4.69. The fourth-order valence-corrected chi connectivity index (χ4v) is 3.24. The van der Waals surface area contributed by atoms with Gasteiger partial charge in [0, 0.05) is 40.5 Å². The summed E-state index contributed by atoms with van der Waals surface area (Å²) in [5, 5.41) is 10.6. The second-order valence-corrected chi connectivity index (χ2v) is 6.42. The second-order valence-electron chi connectivity index (χ2n) is 5.56. The number of carbonyl (C=O) groups is 1. The first-order chi connectivity index (χ1) is 11.5. The Morgan fingerprint density at radius 1 is 1.42 bits per heavy atom. The first-order valence-electron chi connectivity index (χ1n) is 7.50. The Morgan fingerprint density at radius 2 is 2.21 bits per heavy atom. The van der Waals surface area contributed by atoms with Crippen LogP contribution in [0.4, 0.5) is 0 Å². The van der Waals surface area contributed by atoms with E-state index in [0.29, 0.717) is 11.8 Å². The minimum Gasteiger partial charge on any atom is -0.458 e. The molecule has 1 N–H and O–H groups in total. The number of rotatable bonds is 3. The zero-order valence-electron chi connectivity index (χ0n) is 13.0. The van der Waals surface area contributed by atoms with Crippen molar-refractivity contribution in [3.8, 4) is 0 Å². The van der Waals surface area contributed by atoms with Crippen LogP contribution < -0.4 is 5.56 Å². The topological polar surface area (TPSA) is 68.5 Å². The first-order valence-corrected chi connectivity index (χ1v) is 8.29. The minimum absolute atomic E-state index is 0.0725. The van der Waals surface area contributed by atoms with Gasteiger partial charge < -0.3 is 9.84 Å². The summed E-state index contributed by atoms with van der Waals surface area (Å²) in [5.74, 6) is -0.327. The normalized spacial score (nSPS) is 17.0. The van der Waals surface area contributed by atoms with Crippen molar-refractivity contribution in [2.75, 3.05) is 0 Å². The number of aliphatic hydroxyl groups excluding tert-OH is 1. The van der Waals surface area contributed by atoms with E-state index >= 15 is 0 Å². The van der Waals surface area contributed by atoms with Crippen LogP contribution in [0.3, 0.4) is 0 Å². The molecule has 0 spiro atoms. The molecule has 0 saturated carbocycles. The molecule has 124 valence electrons. The molecule has 1 atom stereocenters. The van der Waals surface area contributed by atoms with Crippen LogP contribution in [0.1, 0.15) is 18.9 Å². The summed E-state index contributed by atoms with van der Waals surface area (Å²) in [6, 6.07) is 5.26. The van der Waals surface area contributed by atoms with Gasteiger partial charge in [-0.3, -0.25) is 14.2 Å². The van der Waals surface area contributed by atoms with Crippen molar-refractivity contribution in [1.29, 1.82) is 0 Å². The van der Waals surface area contributed by atoms with Crippen LogP contribution in [0.5, 0.6) is 0 Å². The van der Waals surface area contributed by atoms with Crippen molar-refractivity contribution < 1.29 is 14.6 Å². The van der Waals surface area contributed by atoms with Crippen molar-refractivity contribution in [3.05, 3.63) is 63.0 Å². The van der Waals surface area contributed by atoms with Gasteiger partial charge in [0.05, 0.1) is 6.61 Å². The molecule has 0 fully saturated rings. The Hall–Kier alpha value is -2.18. The lowest BCUT2D eigenvalue weighted by atomic mass is 10.1. The van der Waals surface area contributed by atoms with Crippen LogP contribution >= 0.6 is 15.9 Å². The molecule has 1 heterocycles. The van der Waals surface area contributed by atoms with Crippen molar-refractivity contribution in [3.63, 3.8) is 0 Å². The smallest absolute Gasteiger partial charge is 0.303 e. The van der Waals surface area contributed by atoms with E-state index in [1.54, 1.807) is 41.1 Å². The van der Waals surface area contributed by atoms with Gasteiger partial charge in [-0.2, -0.15) is 0 Å². The first kappa shape index (κ1) is 16.7. The molecular weight excluding hydrogens is 374 g/mol. The lowest BCUT2D eigenvalue weighted by molar-refractivity contribution is -0.144. The maximum absolute atomic E-state index is 12.8. The van der Waals surface area contributed by atoms with Crippen LogP contribution in [0, 0.1) is 0 Å². The lowest BCUT2D eigenvalue weighted by Gasteiger charge is -2.18. The highest BCUT2D eigenvalue weighted by atomic mass is 79.9. The number of hydrogen-bond donors (Lipinski definition) is 1. The van der Waals surface area contributed by atoms with Crippen molar-refractivity contribution in [2.24, 2.45) is 0 Å². The lowest BCUT2D eigenvalue weighted by Crippen LogP contribution is -2.21. The fourth-order valence-electron chi connectivity index (χ4n) is 2.71. The van der Waals surface area contributed by atoms with Gasteiger partial charge in [0.15, 0.2) is 0 Å². The molecule has 24 heavy (non-hydrogen) atoms. The van der Waals surface area contributed by atoms with E-state index in [1.165, 1.54) is 6.92 Å². The zero-order chi connectivity index (χ0) is 17.3. The van der Waals surface area contributed by atoms with Gasteiger partial charge in [0.1, 0.15) is 6.10 Å². The molecular formula is C18H16BrNO4. The van der Waals surface area contributed by atoms with Crippen LogP contribution in [0.15, 0.2) is 51.9 Å². The molecule has 1 aliphatic rings. The number of carbonyl (C=O) groups excluding carboxylic acids is 1. The van der Waals surface area contributed by atoms with Gasteiger partial charge in [0.2, 0.25) is 0 Å². The van der Waals surface area contributed by atoms with Gasteiger partial charge in [-0.1, -0.05) is 12.1 Å². The number of nitrogens with zero attached hydrogens (tertiary/aromatic N) is 1. The van der Waals surface area contributed by atoms with E-state index in [0.717, 1.165) is 21.1 Å². The summed E-state index contributed by atoms with van der Waals surface area (Å²) >= 11 is 3.49. The maximum atomic E-state index is 12.8. The number of aliphatic hydroxyl groups is 1. The van der Waals surface area contributed by atoms with E-state index < -0.39 is 0 Å². The Labute approximate surface area is 147 Å². The largest absolute Gasteiger partial charge is 0.458 e. The highest BCUT2D eigenvalue weighted by Gasteiger charge is 2.15. The molecule has 0 amide bonds. The highest BCUT2D eigenvalue weighted by Crippen LogP contribution is 2.25. The molecule has 1 aliphatic carbocycles. The summed E-state index contributed by atoms with van der Waals surface area (Å²) in [5.41, 5.74) is 1.35. The van der Waals surface area contributed by atoms with Crippen LogP contribution in [0.2, 0.25) is 0 Å². The van der Waals surface area contributed by atoms with Crippen LogP contribution in [-0.2, 0) is 16.1 Å². The molecule has 0 radical (unpaired) electrons. The van der Waals surface area contributed by atoms with Crippen LogP contribution in [-0.4, -0.2) is 21.7 Å². The van der Waals surface area contributed by atoms with Gasteiger partial charge in [-0.05, 0) is 45.8 Å². The van der Waals surface area contributed by atoms with E-state index in [4.69, 9.17) is 4.74 Å². The number of hydrogen-bond acceptors (Lipinski definition) is 4. The Balaban J connectivity index is 2.01. The van der Waals surface area contributed by atoms with Gasteiger partial charge in [0.25, 0.3) is 5.56 Å². The Bertz CT molecular complexity index is 926. The number of ether oxygens (including phenoxy) is 1. The number of esters is 1. The number of fused-ring (bicyclic) bond motifs is 1. The summed E-state index contributed by atoms with van der Waals surface area (Å²) in [4.78, 5) is 23.8. The quantitative estimate of drug-likeness (QED) is 0.819. The average Bonchev–Trinajstić information content (AvgIpc) is 2.58. The Morgan fingerprint density at radius 3 is 2.83 bits per heavy atom. The van der Waals surface area contributed by atoms with E-state index in [9.17, 15) is 14.7 Å². The predicted octanol–water partition coefficient (Wildman–Crippen LogP) is 2.99. The third kappa shape index (κ3) is 3.20. The average molecular weight is 390 g/mol. The SMILES string of the molecule is CC(=O)OC1C=CC(n2cc(Br)c3cc(CO)ccc3c2=O)=CC1. The number of allylic oxidation sites excluding steroid dienone is 2. The summed E-state index contributed by atoms with van der Waals surface area (Å²) in [6.07, 6.45) is 7.37. The van der Waals surface area contributed by atoms with Crippen molar-refractivity contribution in [1.82, 2.24) is 4.57 Å². The number of benzene rings is 1. The third-order valence-electron chi connectivity index (χ3n) is 3.85. The zero-order valence-corrected chi connectivity index (χ0v) is 14.6. The second kappa shape index (κ2) is 6.75. The number of aromatic nitrogens is 1. The van der Waals surface area contributed by atoms with Crippen LogP contribution in [0.25, 0.3) is 16.5 Å². The van der Waals surface area contributed by atoms with E-state index in [-0.39, 0.29) is 24.2 Å². The molecule has 1 aromatic heterocycles. The standard InChI is InChI=1S/C18H16BrNO4/c1-11(22)24-14-5-3-13(4-6-14)20-9-17(19)16-8-12(10-21)2-7-15(16)18(20)23/h2-5,7-9,14,21H,6,10H2,1H3. The molecule has 1 aromatic carbocycles. The molecule has 1 unspecified atom stereocenters. The number of pyridine rings is 1. The number of halogens is 1. The third-order valence-corrected chi connectivity index (χ3v) is 4.48. The molecule has 2 aromatic rings. The molecule has 0 bridgehead atoms. The van der Waals surface area contributed by atoms with E-state index in [1.807, 2.05) is 6.08 Å². The fraction of sp³-hybridized carbons (Fsp3) is 0.222. The molecule has 0 saturated heterocycles. The van der Waals surface area contributed by atoms with E-state index in [2.05, 4.69) is 15.9 Å². The minimum atomic E-state index is -0.327. The highest BCUT2D eigenvalue weighted by molar-refractivity contribution is 9.10. The maximum Gasteiger partial charge on any atom is 0.303 e. The molecule has 5 nitrogen and oxygen atoms in total. The van der Waals surface area contributed by atoms with Gasteiger partial charge in [-0.25, -0.2) is 0 Å². The molecule has 0 aliphatic heterocycles.